The van der Waals surface area contributed by atoms with Gasteiger partial charge in [-0.05, 0) is 42.6 Å². The first-order valence-electron chi connectivity index (χ1n) is 6.36. The number of hydrogen-bond acceptors (Lipinski definition) is 4. The molecule has 0 radical (unpaired) electrons. The van der Waals surface area contributed by atoms with Crippen LogP contribution in [0.2, 0.25) is 0 Å². The fourth-order valence-electron chi connectivity index (χ4n) is 2.52. The smallest absolute Gasteiger partial charge is 0.119 e. The SMILES string of the molecule is COCC1CCN(Cc2cc(OC)ccc2N)C1. The zero-order valence-corrected chi connectivity index (χ0v) is 11.2. The summed E-state index contributed by atoms with van der Waals surface area (Å²) in [6.07, 6.45) is 1.21. The van der Waals surface area contributed by atoms with Crippen molar-refractivity contribution in [2.75, 3.05) is 39.6 Å². The van der Waals surface area contributed by atoms with Gasteiger partial charge in [-0.25, -0.2) is 0 Å². The van der Waals surface area contributed by atoms with Gasteiger partial charge in [-0.3, -0.25) is 4.90 Å². The summed E-state index contributed by atoms with van der Waals surface area (Å²) in [5.74, 6) is 1.52. The van der Waals surface area contributed by atoms with E-state index in [2.05, 4.69) is 4.90 Å². The van der Waals surface area contributed by atoms with Crippen molar-refractivity contribution in [3.8, 4) is 5.75 Å². The minimum absolute atomic E-state index is 0.654. The highest BCUT2D eigenvalue weighted by Crippen LogP contribution is 2.24. The minimum atomic E-state index is 0.654. The van der Waals surface area contributed by atoms with Crippen LogP contribution in [-0.4, -0.2) is 38.8 Å². The lowest BCUT2D eigenvalue weighted by molar-refractivity contribution is 0.152. The largest absolute Gasteiger partial charge is 0.497 e. The molecule has 0 saturated carbocycles. The maximum absolute atomic E-state index is 6.01. The standard InChI is InChI=1S/C14H22N2O2/c1-17-10-11-5-6-16(8-11)9-12-7-13(18-2)3-4-14(12)15/h3-4,7,11H,5-6,8-10,15H2,1-2H3. The van der Waals surface area contributed by atoms with E-state index in [0.29, 0.717) is 5.92 Å². The van der Waals surface area contributed by atoms with Gasteiger partial charge in [0.05, 0.1) is 13.7 Å². The fraction of sp³-hybridized carbons (Fsp3) is 0.571. The average Bonchev–Trinajstić information content (AvgIpc) is 2.80. The van der Waals surface area contributed by atoms with Crippen LogP contribution in [0.15, 0.2) is 18.2 Å². The number of nitrogen functional groups attached to an aromatic ring is 1. The first-order valence-corrected chi connectivity index (χ1v) is 6.36. The predicted molar refractivity (Wildman–Crippen MR) is 72.7 cm³/mol. The van der Waals surface area contributed by atoms with Crippen LogP contribution in [-0.2, 0) is 11.3 Å². The number of anilines is 1. The summed E-state index contributed by atoms with van der Waals surface area (Å²) >= 11 is 0. The van der Waals surface area contributed by atoms with Crippen molar-refractivity contribution in [3.63, 3.8) is 0 Å². The second-order valence-corrected chi connectivity index (χ2v) is 4.91. The van der Waals surface area contributed by atoms with Crippen LogP contribution in [0.4, 0.5) is 5.69 Å². The summed E-state index contributed by atoms with van der Waals surface area (Å²) in [4.78, 5) is 2.43. The van der Waals surface area contributed by atoms with Gasteiger partial charge in [0.15, 0.2) is 0 Å². The molecule has 0 aliphatic carbocycles. The molecule has 1 aromatic carbocycles. The van der Waals surface area contributed by atoms with E-state index in [9.17, 15) is 0 Å². The van der Waals surface area contributed by atoms with Gasteiger partial charge in [-0.2, -0.15) is 0 Å². The number of nitrogens with two attached hydrogens (primary N) is 1. The summed E-state index contributed by atoms with van der Waals surface area (Å²) in [5, 5.41) is 0. The lowest BCUT2D eigenvalue weighted by Gasteiger charge is -2.17. The number of rotatable bonds is 5. The first-order chi connectivity index (χ1) is 8.72. The summed E-state index contributed by atoms with van der Waals surface area (Å²) in [5.41, 5.74) is 7.99. The monoisotopic (exact) mass is 250 g/mol. The summed E-state index contributed by atoms with van der Waals surface area (Å²) in [6.45, 7) is 3.95. The van der Waals surface area contributed by atoms with E-state index in [-0.39, 0.29) is 0 Å². The second-order valence-electron chi connectivity index (χ2n) is 4.91. The minimum Gasteiger partial charge on any atom is -0.497 e. The molecule has 2 N–H and O–H groups in total. The van der Waals surface area contributed by atoms with Crippen molar-refractivity contribution in [3.05, 3.63) is 23.8 Å². The average molecular weight is 250 g/mol. The number of likely N-dealkylation sites (tertiary alicyclic amines) is 1. The van der Waals surface area contributed by atoms with Crippen LogP contribution in [0.3, 0.4) is 0 Å². The molecule has 0 aromatic heterocycles. The molecule has 1 atom stereocenters. The number of ether oxygens (including phenoxy) is 2. The molecule has 1 heterocycles. The number of nitrogens with zero attached hydrogens (tertiary/aromatic N) is 1. The van der Waals surface area contributed by atoms with Crippen LogP contribution >= 0.6 is 0 Å². The molecular weight excluding hydrogens is 228 g/mol. The molecule has 18 heavy (non-hydrogen) atoms. The zero-order valence-electron chi connectivity index (χ0n) is 11.2. The van der Waals surface area contributed by atoms with Gasteiger partial charge in [-0.15, -0.1) is 0 Å². The Kier molecular flexibility index (Phi) is 4.44. The quantitative estimate of drug-likeness (QED) is 0.809. The molecule has 4 nitrogen and oxygen atoms in total. The Morgan fingerprint density at radius 1 is 1.39 bits per heavy atom. The third-order valence-corrected chi connectivity index (χ3v) is 3.52. The van der Waals surface area contributed by atoms with E-state index in [0.717, 1.165) is 43.2 Å². The van der Waals surface area contributed by atoms with E-state index in [1.165, 1.54) is 6.42 Å². The van der Waals surface area contributed by atoms with E-state index < -0.39 is 0 Å². The van der Waals surface area contributed by atoms with Crippen molar-refractivity contribution in [2.24, 2.45) is 5.92 Å². The topological polar surface area (TPSA) is 47.7 Å². The molecule has 100 valence electrons. The highest BCUT2D eigenvalue weighted by Gasteiger charge is 2.22. The molecule has 1 unspecified atom stereocenters. The van der Waals surface area contributed by atoms with E-state index in [1.807, 2.05) is 18.2 Å². The second kappa shape index (κ2) is 6.07. The maximum Gasteiger partial charge on any atom is 0.119 e. The van der Waals surface area contributed by atoms with E-state index in [1.54, 1.807) is 14.2 Å². The van der Waals surface area contributed by atoms with Crippen molar-refractivity contribution < 1.29 is 9.47 Å². The Balaban J connectivity index is 1.97. The van der Waals surface area contributed by atoms with Crippen molar-refractivity contribution in [1.82, 2.24) is 4.90 Å². The van der Waals surface area contributed by atoms with Gasteiger partial charge in [0, 0.05) is 25.9 Å². The third kappa shape index (κ3) is 3.15. The van der Waals surface area contributed by atoms with Gasteiger partial charge in [0.25, 0.3) is 0 Å². The first kappa shape index (κ1) is 13.2. The lowest BCUT2D eigenvalue weighted by Crippen LogP contribution is -2.21. The van der Waals surface area contributed by atoms with Crippen LogP contribution < -0.4 is 10.5 Å². The summed E-state index contributed by atoms with van der Waals surface area (Å²) in [6, 6.07) is 5.84. The lowest BCUT2D eigenvalue weighted by atomic mass is 10.1. The molecule has 2 rings (SSSR count). The maximum atomic E-state index is 6.01. The van der Waals surface area contributed by atoms with Crippen molar-refractivity contribution >= 4 is 5.69 Å². The number of methoxy groups -OCH3 is 2. The van der Waals surface area contributed by atoms with Crippen LogP contribution in [0.1, 0.15) is 12.0 Å². The molecule has 1 fully saturated rings. The fourth-order valence-corrected chi connectivity index (χ4v) is 2.52. The summed E-state index contributed by atoms with van der Waals surface area (Å²) < 4.78 is 10.5. The predicted octanol–water partition coefficient (Wildman–Crippen LogP) is 1.75. The molecule has 1 saturated heterocycles. The molecule has 1 aliphatic heterocycles. The summed E-state index contributed by atoms with van der Waals surface area (Å²) in [7, 11) is 3.45. The Morgan fingerprint density at radius 2 is 2.22 bits per heavy atom. The van der Waals surface area contributed by atoms with E-state index >= 15 is 0 Å². The van der Waals surface area contributed by atoms with E-state index in [4.69, 9.17) is 15.2 Å². The van der Waals surface area contributed by atoms with Crippen LogP contribution in [0, 0.1) is 5.92 Å². The van der Waals surface area contributed by atoms with Crippen molar-refractivity contribution in [1.29, 1.82) is 0 Å². The highest BCUT2D eigenvalue weighted by atomic mass is 16.5. The normalized spacial score (nSPS) is 20.2. The molecule has 1 aliphatic rings. The van der Waals surface area contributed by atoms with Crippen molar-refractivity contribution in [2.45, 2.75) is 13.0 Å². The number of hydrogen-bond donors (Lipinski definition) is 1. The van der Waals surface area contributed by atoms with Gasteiger partial charge >= 0.3 is 0 Å². The Labute approximate surface area is 109 Å². The molecule has 4 heteroatoms. The van der Waals surface area contributed by atoms with Gasteiger partial charge in [0.2, 0.25) is 0 Å². The Bertz CT molecular complexity index is 395. The Morgan fingerprint density at radius 3 is 2.94 bits per heavy atom. The van der Waals surface area contributed by atoms with Gasteiger partial charge in [0.1, 0.15) is 5.75 Å². The molecule has 1 aromatic rings. The molecule has 0 bridgehead atoms. The Hall–Kier alpha value is -1.26. The molecule has 0 spiro atoms. The van der Waals surface area contributed by atoms with Gasteiger partial charge in [-0.1, -0.05) is 0 Å². The highest BCUT2D eigenvalue weighted by molar-refractivity contribution is 5.50. The van der Waals surface area contributed by atoms with Crippen LogP contribution in [0.5, 0.6) is 5.75 Å². The van der Waals surface area contributed by atoms with Crippen LogP contribution in [0.25, 0.3) is 0 Å². The van der Waals surface area contributed by atoms with Gasteiger partial charge < -0.3 is 15.2 Å². The molecular formula is C14H22N2O2. The third-order valence-electron chi connectivity index (χ3n) is 3.52. The number of benzene rings is 1. The zero-order chi connectivity index (χ0) is 13.0. The molecule has 0 amide bonds.